The number of rotatable bonds is 5. The smallest absolute Gasteiger partial charge is 0.337 e. The molecule has 2 unspecified atom stereocenters. The molecule has 0 spiro atoms. The molecule has 1 amide bonds. The van der Waals surface area contributed by atoms with Crippen molar-refractivity contribution in [1.29, 1.82) is 0 Å². The van der Waals surface area contributed by atoms with Gasteiger partial charge in [0.25, 0.3) is 0 Å². The second kappa shape index (κ2) is 10.8. The van der Waals surface area contributed by atoms with Gasteiger partial charge >= 0.3 is 18.0 Å². The van der Waals surface area contributed by atoms with Crippen LogP contribution >= 0.6 is 0 Å². The SMILES string of the molecule is CC(C)c1ccc(S(=O)(=O)C23CCN(C(=O)C4CCCCC4)C2CCc2cc(C(F)(C(F)(F)F)C(F)(F)F)ccc23)cc1. The summed E-state index contributed by atoms with van der Waals surface area (Å²) in [5.41, 5.74) is -6.49. The van der Waals surface area contributed by atoms with Crippen LogP contribution < -0.4 is 0 Å². The van der Waals surface area contributed by atoms with Gasteiger partial charge in [0.15, 0.2) is 9.84 Å². The van der Waals surface area contributed by atoms with Crippen LogP contribution in [0.15, 0.2) is 47.4 Å². The van der Waals surface area contributed by atoms with Crippen LogP contribution in [0.5, 0.6) is 0 Å². The van der Waals surface area contributed by atoms with Crippen LogP contribution in [0.4, 0.5) is 30.7 Å². The zero-order chi connectivity index (χ0) is 31.6. The maximum atomic E-state index is 15.0. The molecule has 4 nitrogen and oxygen atoms in total. The van der Waals surface area contributed by atoms with E-state index >= 15 is 4.39 Å². The molecule has 0 aromatic heterocycles. The number of fused-ring (bicyclic) bond motifs is 3. The lowest BCUT2D eigenvalue weighted by Crippen LogP contribution is -2.53. The Morgan fingerprint density at radius 3 is 2.05 bits per heavy atom. The highest BCUT2D eigenvalue weighted by Crippen LogP contribution is 2.57. The molecule has 2 aromatic carbocycles. The minimum absolute atomic E-state index is 0.00442. The highest BCUT2D eigenvalue weighted by Gasteiger charge is 2.74. The number of aryl methyl sites for hydroxylation is 1. The first-order chi connectivity index (χ1) is 20.0. The predicted octanol–water partition coefficient (Wildman–Crippen LogP) is 7.90. The molecule has 1 saturated carbocycles. The van der Waals surface area contributed by atoms with E-state index in [4.69, 9.17) is 0 Å². The fourth-order valence-electron chi connectivity index (χ4n) is 7.32. The summed E-state index contributed by atoms with van der Waals surface area (Å²) in [5.74, 6) is -0.337. The fourth-order valence-corrected chi connectivity index (χ4v) is 9.69. The Morgan fingerprint density at radius 2 is 1.49 bits per heavy atom. The Balaban J connectivity index is 1.67. The number of sulfone groups is 1. The van der Waals surface area contributed by atoms with Crippen LogP contribution in [0, 0.1) is 5.92 Å². The van der Waals surface area contributed by atoms with Gasteiger partial charge in [-0.15, -0.1) is 0 Å². The first-order valence-corrected chi connectivity index (χ1v) is 16.1. The second-order valence-corrected chi connectivity index (χ2v) is 14.5. The monoisotopic (exact) mass is 633 g/mol. The third-order valence-corrected chi connectivity index (χ3v) is 12.2. The first-order valence-electron chi connectivity index (χ1n) is 14.6. The van der Waals surface area contributed by atoms with E-state index in [9.17, 15) is 39.6 Å². The number of hydrogen-bond donors (Lipinski definition) is 0. The van der Waals surface area contributed by atoms with Crippen molar-refractivity contribution < 1.29 is 43.9 Å². The van der Waals surface area contributed by atoms with Crippen LogP contribution in [-0.4, -0.2) is 44.2 Å². The molecule has 0 N–H and O–H groups in total. The maximum Gasteiger partial charge on any atom is 0.435 e. The van der Waals surface area contributed by atoms with Gasteiger partial charge in [-0.25, -0.2) is 12.8 Å². The van der Waals surface area contributed by atoms with Gasteiger partial charge in [0, 0.05) is 18.0 Å². The van der Waals surface area contributed by atoms with Gasteiger partial charge in [0.1, 0.15) is 4.75 Å². The van der Waals surface area contributed by atoms with E-state index in [0.717, 1.165) is 30.9 Å². The Morgan fingerprint density at radius 1 is 0.884 bits per heavy atom. The summed E-state index contributed by atoms with van der Waals surface area (Å²) < 4.78 is 124. The van der Waals surface area contributed by atoms with Crippen LogP contribution in [0.3, 0.4) is 0 Å². The summed E-state index contributed by atoms with van der Waals surface area (Å²) in [7, 11) is -4.35. The third-order valence-electron chi connectivity index (χ3n) is 9.64. The Kier molecular flexibility index (Phi) is 7.96. The van der Waals surface area contributed by atoms with E-state index in [1.165, 1.54) is 12.1 Å². The van der Waals surface area contributed by atoms with Crippen LogP contribution in [0.1, 0.15) is 87.0 Å². The van der Waals surface area contributed by atoms with Crippen molar-refractivity contribution >= 4 is 15.7 Å². The average molecular weight is 634 g/mol. The lowest BCUT2D eigenvalue weighted by atomic mass is 9.76. The minimum atomic E-state index is -6.30. The van der Waals surface area contributed by atoms with Crippen molar-refractivity contribution in [3.05, 3.63) is 64.7 Å². The summed E-state index contributed by atoms with van der Waals surface area (Å²) in [6.45, 7) is 3.94. The van der Waals surface area contributed by atoms with Crippen LogP contribution in [0.2, 0.25) is 0 Å². The number of alkyl halides is 7. The van der Waals surface area contributed by atoms with E-state index < -0.39 is 44.2 Å². The number of nitrogens with zero attached hydrogens (tertiary/aromatic N) is 1. The van der Waals surface area contributed by atoms with E-state index in [1.54, 1.807) is 17.0 Å². The van der Waals surface area contributed by atoms with Crippen molar-refractivity contribution in [3.63, 3.8) is 0 Å². The third kappa shape index (κ3) is 4.86. The topological polar surface area (TPSA) is 54.5 Å². The van der Waals surface area contributed by atoms with E-state index in [0.29, 0.717) is 25.0 Å². The lowest BCUT2D eigenvalue weighted by Gasteiger charge is -2.43. The summed E-state index contributed by atoms with van der Waals surface area (Å²) in [6.07, 6.45) is -8.71. The van der Waals surface area contributed by atoms with Crippen LogP contribution in [-0.2, 0) is 31.5 Å². The molecule has 1 heterocycles. The zero-order valence-corrected chi connectivity index (χ0v) is 24.7. The van der Waals surface area contributed by atoms with Gasteiger partial charge < -0.3 is 4.90 Å². The lowest BCUT2D eigenvalue weighted by molar-refractivity contribution is -0.348. The van der Waals surface area contributed by atoms with Gasteiger partial charge in [0.05, 0.1) is 10.9 Å². The molecule has 12 heteroatoms. The molecule has 2 fully saturated rings. The molecule has 2 aromatic rings. The number of amides is 1. The molecule has 2 atom stereocenters. The highest BCUT2D eigenvalue weighted by molar-refractivity contribution is 7.92. The van der Waals surface area contributed by atoms with Crippen molar-refractivity contribution in [2.45, 2.75) is 105 Å². The zero-order valence-electron chi connectivity index (χ0n) is 23.9. The summed E-state index contributed by atoms with van der Waals surface area (Å²) >= 11 is 0. The number of benzene rings is 2. The molecule has 1 aliphatic heterocycles. The molecule has 236 valence electrons. The van der Waals surface area contributed by atoms with E-state index in [2.05, 4.69) is 0 Å². The van der Waals surface area contributed by atoms with E-state index in [1.807, 2.05) is 13.8 Å². The molecule has 0 bridgehead atoms. The molecule has 5 rings (SSSR count). The summed E-state index contributed by atoms with van der Waals surface area (Å²) in [4.78, 5) is 15.2. The normalized spacial score (nSPS) is 23.8. The molecule has 3 aliphatic rings. The number of hydrogen-bond acceptors (Lipinski definition) is 3. The molecular weight excluding hydrogens is 599 g/mol. The number of carbonyl (C=O) groups is 1. The summed E-state index contributed by atoms with van der Waals surface area (Å²) in [6, 6.07) is 7.16. The quantitative estimate of drug-likeness (QED) is 0.315. The van der Waals surface area contributed by atoms with Crippen molar-refractivity contribution in [3.8, 4) is 0 Å². The summed E-state index contributed by atoms with van der Waals surface area (Å²) in [5, 5.41) is 0. The van der Waals surface area contributed by atoms with Crippen molar-refractivity contribution in [2.75, 3.05) is 6.54 Å². The Labute approximate surface area is 246 Å². The second-order valence-electron chi connectivity index (χ2n) is 12.3. The van der Waals surface area contributed by atoms with Crippen LogP contribution in [0.25, 0.3) is 0 Å². The first kappa shape index (κ1) is 31.8. The van der Waals surface area contributed by atoms with Gasteiger partial charge in [-0.3, -0.25) is 4.79 Å². The van der Waals surface area contributed by atoms with Crippen molar-refractivity contribution in [2.24, 2.45) is 5.92 Å². The Hall–Kier alpha value is -2.63. The largest absolute Gasteiger partial charge is 0.435 e. The van der Waals surface area contributed by atoms with Gasteiger partial charge in [-0.05, 0) is 66.8 Å². The average Bonchev–Trinajstić information content (AvgIpc) is 3.37. The van der Waals surface area contributed by atoms with Gasteiger partial charge in [-0.1, -0.05) is 63.4 Å². The molecule has 0 radical (unpaired) electrons. The highest BCUT2D eigenvalue weighted by atomic mass is 32.2. The minimum Gasteiger partial charge on any atom is -0.337 e. The number of halogens is 7. The van der Waals surface area contributed by atoms with E-state index in [-0.39, 0.29) is 59.6 Å². The van der Waals surface area contributed by atoms with Crippen molar-refractivity contribution in [1.82, 2.24) is 4.90 Å². The molecule has 2 aliphatic carbocycles. The van der Waals surface area contributed by atoms with Gasteiger partial charge in [0.2, 0.25) is 5.91 Å². The molecule has 1 saturated heterocycles. The maximum absolute atomic E-state index is 15.0. The molecular formula is C31H34F7NO3S. The standard InChI is InChI=1S/C31H34F7NO3S/c1-19(2)20-8-12-24(13-9-20)43(41,42)28-16-17-39(27(40)21-6-4-3-5-7-21)26(28)15-10-22-18-23(11-14-25(22)28)29(32,30(33,34)35)31(36,37)38/h8-9,11-14,18-19,21,26H,3-7,10,15-17H2,1-2H3. The number of likely N-dealkylation sites (tertiary alicyclic amines) is 1. The molecule has 43 heavy (non-hydrogen) atoms. The Bertz CT molecular complexity index is 1460. The van der Waals surface area contributed by atoms with Gasteiger partial charge in [-0.2, -0.15) is 26.3 Å². The fraction of sp³-hybridized carbons (Fsp3) is 0.581. The number of carbonyl (C=O) groups excluding carboxylic acids is 1. The predicted molar refractivity (Wildman–Crippen MR) is 146 cm³/mol.